The average Bonchev–Trinajstić information content (AvgIpc) is 2.86. The Labute approximate surface area is 185 Å². The summed E-state index contributed by atoms with van der Waals surface area (Å²) in [5.74, 6) is -0.414. The summed E-state index contributed by atoms with van der Waals surface area (Å²) >= 11 is 0. The van der Waals surface area contributed by atoms with Gasteiger partial charge in [0.25, 0.3) is 0 Å². The number of hydrogen-bond donors (Lipinski definition) is 0. The summed E-state index contributed by atoms with van der Waals surface area (Å²) < 4.78 is 5.28. The lowest BCUT2D eigenvalue weighted by Crippen LogP contribution is -2.00. The molecule has 5 heteroatoms. The van der Waals surface area contributed by atoms with E-state index in [-0.39, 0.29) is 6.61 Å². The van der Waals surface area contributed by atoms with Crippen LogP contribution in [0.2, 0.25) is 0 Å². The number of aromatic nitrogens is 3. The second-order valence-corrected chi connectivity index (χ2v) is 7.28. The fourth-order valence-corrected chi connectivity index (χ4v) is 3.48. The molecule has 32 heavy (non-hydrogen) atoms. The fourth-order valence-electron chi connectivity index (χ4n) is 3.48. The minimum Gasteiger partial charge on any atom is -0.458 e. The maximum atomic E-state index is 12.1. The normalized spacial score (nSPS) is 11.2. The minimum atomic E-state index is -0.414. The van der Waals surface area contributed by atoms with E-state index >= 15 is 0 Å². The van der Waals surface area contributed by atoms with E-state index in [1.807, 2.05) is 84.9 Å². The van der Waals surface area contributed by atoms with Crippen LogP contribution in [0.1, 0.15) is 11.3 Å². The van der Waals surface area contributed by atoms with Gasteiger partial charge in [0.15, 0.2) is 0 Å². The van der Waals surface area contributed by atoms with Gasteiger partial charge in [-0.3, -0.25) is 4.98 Å². The molecule has 3 heterocycles. The Balaban J connectivity index is 1.37. The van der Waals surface area contributed by atoms with E-state index < -0.39 is 5.97 Å². The first-order valence-corrected chi connectivity index (χ1v) is 10.3. The van der Waals surface area contributed by atoms with Gasteiger partial charge >= 0.3 is 5.97 Å². The molecule has 0 atom stereocenters. The third-order valence-corrected chi connectivity index (χ3v) is 5.08. The standard InChI is InChI=1S/C27H19N3O2/c31-25(32-18-19-6-2-1-3-7-19)16-14-22-9-4-10-23(29-22)24-15-13-21-12-11-20-8-5-17-28-26(20)27(21)30-24/h1-17H,18H2/b16-14+. The van der Waals surface area contributed by atoms with Crippen LogP contribution in [0.3, 0.4) is 0 Å². The lowest BCUT2D eigenvalue weighted by Gasteiger charge is -2.06. The molecule has 0 unspecified atom stereocenters. The summed E-state index contributed by atoms with van der Waals surface area (Å²) in [6, 6.07) is 27.2. The van der Waals surface area contributed by atoms with Crippen molar-refractivity contribution in [3.63, 3.8) is 0 Å². The van der Waals surface area contributed by atoms with Crippen molar-refractivity contribution >= 4 is 33.9 Å². The second-order valence-electron chi connectivity index (χ2n) is 7.28. The van der Waals surface area contributed by atoms with Crippen LogP contribution >= 0.6 is 0 Å². The lowest BCUT2D eigenvalue weighted by molar-refractivity contribution is -0.138. The van der Waals surface area contributed by atoms with Crippen LogP contribution in [-0.2, 0) is 16.1 Å². The van der Waals surface area contributed by atoms with Crippen molar-refractivity contribution in [2.24, 2.45) is 0 Å². The van der Waals surface area contributed by atoms with Crippen molar-refractivity contribution in [1.82, 2.24) is 15.0 Å². The molecule has 0 fully saturated rings. The highest BCUT2D eigenvalue weighted by molar-refractivity contribution is 6.03. The molecule has 0 N–H and O–H groups in total. The Kier molecular flexibility index (Phi) is 5.37. The zero-order valence-electron chi connectivity index (χ0n) is 17.2. The first kappa shape index (κ1) is 19.6. The summed E-state index contributed by atoms with van der Waals surface area (Å²) in [5, 5.41) is 2.07. The van der Waals surface area contributed by atoms with Crippen LogP contribution in [0.15, 0.2) is 97.2 Å². The first-order valence-electron chi connectivity index (χ1n) is 10.3. The van der Waals surface area contributed by atoms with E-state index in [1.54, 1.807) is 12.3 Å². The predicted octanol–water partition coefficient (Wildman–Crippen LogP) is 5.60. The molecular formula is C27H19N3O2. The van der Waals surface area contributed by atoms with Crippen molar-refractivity contribution in [2.45, 2.75) is 6.61 Å². The molecule has 3 aromatic heterocycles. The number of fused-ring (bicyclic) bond motifs is 3. The van der Waals surface area contributed by atoms with Crippen LogP contribution in [0, 0.1) is 0 Å². The molecule has 0 aliphatic heterocycles. The summed E-state index contributed by atoms with van der Waals surface area (Å²) in [6.45, 7) is 0.237. The number of rotatable bonds is 5. The fraction of sp³-hybridized carbons (Fsp3) is 0.0370. The molecule has 0 bridgehead atoms. The van der Waals surface area contributed by atoms with Gasteiger partial charge in [0.1, 0.15) is 6.61 Å². The molecule has 2 aromatic carbocycles. The molecule has 0 aliphatic rings. The molecule has 0 spiro atoms. The zero-order valence-corrected chi connectivity index (χ0v) is 17.2. The second kappa shape index (κ2) is 8.78. The number of carbonyl (C=O) groups is 1. The van der Waals surface area contributed by atoms with Crippen LogP contribution in [0.4, 0.5) is 0 Å². The molecular weight excluding hydrogens is 398 g/mol. The van der Waals surface area contributed by atoms with Gasteiger partial charge in [-0.25, -0.2) is 14.8 Å². The summed E-state index contributed by atoms with van der Waals surface area (Å²) in [6.07, 6.45) is 4.81. The van der Waals surface area contributed by atoms with Gasteiger partial charge in [-0.2, -0.15) is 0 Å². The van der Waals surface area contributed by atoms with Gasteiger partial charge in [0.05, 0.1) is 28.1 Å². The smallest absolute Gasteiger partial charge is 0.331 e. The van der Waals surface area contributed by atoms with Gasteiger partial charge in [-0.1, -0.05) is 60.7 Å². The van der Waals surface area contributed by atoms with E-state index in [1.165, 1.54) is 6.08 Å². The van der Waals surface area contributed by atoms with Crippen LogP contribution in [-0.4, -0.2) is 20.9 Å². The lowest BCUT2D eigenvalue weighted by atomic mass is 10.1. The Hall–Kier alpha value is -4.38. The van der Waals surface area contributed by atoms with E-state index in [2.05, 4.69) is 9.97 Å². The zero-order chi connectivity index (χ0) is 21.8. The van der Waals surface area contributed by atoms with Gasteiger partial charge in [-0.05, 0) is 35.9 Å². The summed E-state index contributed by atoms with van der Waals surface area (Å²) in [5.41, 5.74) is 4.77. The van der Waals surface area contributed by atoms with E-state index in [0.29, 0.717) is 5.69 Å². The maximum Gasteiger partial charge on any atom is 0.331 e. The van der Waals surface area contributed by atoms with Gasteiger partial charge in [-0.15, -0.1) is 0 Å². The molecule has 5 aromatic rings. The van der Waals surface area contributed by atoms with Crippen LogP contribution in [0.5, 0.6) is 0 Å². The van der Waals surface area contributed by atoms with E-state index in [9.17, 15) is 4.79 Å². The summed E-state index contributed by atoms with van der Waals surface area (Å²) in [4.78, 5) is 26.0. The molecule has 0 aliphatic carbocycles. The number of ether oxygens (including phenoxy) is 1. The Morgan fingerprint density at radius 1 is 0.750 bits per heavy atom. The monoisotopic (exact) mass is 417 g/mol. The average molecular weight is 417 g/mol. The van der Waals surface area contributed by atoms with Crippen molar-refractivity contribution < 1.29 is 9.53 Å². The number of pyridine rings is 3. The highest BCUT2D eigenvalue weighted by atomic mass is 16.5. The Bertz CT molecular complexity index is 1450. The Morgan fingerprint density at radius 3 is 2.41 bits per heavy atom. The predicted molar refractivity (Wildman–Crippen MR) is 126 cm³/mol. The van der Waals surface area contributed by atoms with Gasteiger partial charge < -0.3 is 4.74 Å². The molecule has 5 rings (SSSR count). The topological polar surface area (TPSA) is 65.0 Å². The van der Waals surface area contributed by atoms with E-state index in [4.69, 9.17) is 9.72 Å². The molecule has 0 saturated carbocycles. The van der Waals surface area contributed by atoms with E-state index in [0.717, 1.165) is 38.8 Å². The van der Waals surface area contributed by atoms with Crippen molar-refractivity contribution in [2.75, 3.05) is 0 Å². The third-order valence-electron chi connectivity index (χ3n) is 5.08. The minimum absolute atomic E-state index is 0.237. The highest BCUT2D eigenvalue weighted by Crippen LogP contribution is 2.25. The number of carbonyl (C=O) groups excluding carboxylic acids is 1. The van der Waals surface area contributed by atoms with Gasteiger partial charge in [0, 0.05) is 23.0 Å². The number of benzene rings is 2. The van der Waals surface area contributed by atoms with Gasteiger partial charge in [0.2, 0.25) is 0 Å². The molecule has 154 valence electrons. The largest absolute Gasteiger partial charge is 0.458 e. The Morgan fingerprint density at radius 2 is 1.53 bits per heavy atom. The molecule has 0 saturated heterocycles. The SMILES string of the molecule is O=C(/C=C/c1cccc(-c2ccc3ccc4cccnc4c3n2)n1)OCc1ccccc1. The number of esters is 1. The quantitative estimate of drug-likeness (QED) is 0.212. The van der Waals surface area contributed by atoms with Crippen molar-refractivity contribution in [3.8, 4) is 11.4 Å². The molecule has 0 radical (unpaired) electrons. The van der Waals surface area contributed by atoms with Crippen LogP contribution < -0.4 is 0 Å². The maximum absolute atomic E-state index is 12.1. The number of hydrogen-bond acceptors (Lipinski definition) is 5. The van der Waals surface area contributed by atoms with Crippen molar-refractivity contribution in [1.29, 1.82) is 0 Å². The third kappa shape index (κ3) is 4.23. The first-order chi connectivity index (χ1) is 15.8. The summed E-state index contributed by atoms with van der Waals surface area (Å²) in [7, 11) is 0. The van der Waals surface area contributed by atoms with Crippen LogP contribution in [0.25, 0.3) is 39.3 Å². The number of nitrogens with zero attached hydrogens (tertiary/aromatic N) is 3. The van der Waals surface area contributed by atoms with Crippen molar-refractivity contribution in [3.05, 3.63) is 108 Å². The molecule has 0 amide bonds. The highest BCUT2D eigenvalue weighted by Gasteiger charge is 2.07. The molecule has 5 nitrogen and oxygen atoms in total.